The number of rotatable bonds is 0. The summed E-state index contributed by atoms with van der Waals surface area (Å²) in [5, 5.41) is 0. The van der Waals surface area contributed by atoms with Crippen LogP contribution in [0.4, 0.5) is 18.8 Å². The van der Waals surface area contributed by atoms with Gasteiger partial charge >= 0.3 is 0 Å². The van der Waals surface area contributed by atoms with Crippen molar-refractivity contribution in [3.63, 3.8) is 0 Å². The molecule has 0 bridgehead atoms. The maximum Gasteiger partial charge on any atom is 0 e. The van der Waals surface area contributed by atoms with E-state index in [0.717, 1.165) is 0 Å². The maximum absolute atomic E-state index is 0. The predicted molar refractivity (Wildman–Crippen MR) is 25.4 cm³/mol. The van der Waals surface area contributed by atoms with Crippen LogP contribution >= 0.6 is 24.0 Å². The quantitative estimate of drug-likeness (QED) is 0.295. The van der Waals surface area contributed by atoms with Crippen molar-refractivity contribution in [2.45, 2.75) is 0 Å². The topological polar surface area (TPSA) is 0 Å². The Labute approximate surface area is 81.8 Å². The zero-order valence-corrected chi connectivity index (χ0v) is 10.2. The Hall–Kier alpha value is 1.72. The van der Waals surface area contributed by atoms with Gasteiger partial charge in [-0.15, -0.1) is 24.0 Å². The molecule has 0 aromatic heterocycles. The van der Waals surface area contributed by atoms with E-state index in [2.05, 4.69) is 0 Å². The fourth-order valence-corrected chi connectivity index (χ4v) is 0. The van der Waals surface area contributed by atoms with Crippen LogP contribution in [-0.2, 0) is 39.6 Å². The molecular weight excluding hydrogens is 583 g/mol. The molecule has 0 unspecified atom stereocenters. The first kappa shape index (κ1) is 175. The molecular formula is H5F4IOs2. The summed E-state index contributed by atoms with van der Waals surface area (Å²) in [6.07, 6.45) is 0. The molecule has 0 saturated heterocycles. The van der Waals surface area contributed by atoms with Crippen molar-refractivity contribution in [3.8, 4) is 0 Å². The van der Waals surface area contributed by atoms with Crippen molar-refractivity contribution in [1.29, 1.82) is 0 Å². The Morgan fingerprint density at radius 2 is 0.429 bits per heavy atom. The van der Waals surface area contributed by atoms with Gasteiger partial charge in [0.25, 0.3) is 0 Å². The van der Waals surface area contributed by atoms with E-state index in [-0.39, 0.29) is 82.4 Å². The van der Waals surface area contributed by atoms with Gasteiger partial charge in [0.1, 0.15) is 0 Å². The largest absolute Gasteiger partial charge is 0.269 e. The molecule has 0 nitrogen and oxygen atoms in total. The Kier molecular flexibility index (Phi) is 2950. The molecule has 0 heterocycles. The van der Waals surface area contributed by atoms with Crippen molar-refractivity contribution in [3.05, 3.63) is 0 Å². The van der Waals surface area contributed by atoms with Crippen LogP contribution in [0.5, 0.6) is 0 Å². The minimum atomic E-state index is 0. The third kappa shape index (κ3) is 85.2. The SMILES string of the molecule is F.F.F.F.I.[Os].[Os]. The molecule has 0 radical (unpaired) electrons. The minimum absolute atomic E-state index is 0. The molecule has 0 fully saturated rings. The molecule has 0 N–H and O–H groups in total. The normalized spacial score (nSPS) is 0. The molecule has 56 valence electrons. The molecule has 0 rings (SSSR count). The molecule has 0 aromatic carbocycles. The first-order valence-electron chi connectivity index (χ1n) is 0. The van der Waals surface area contributed by atoms with E-state index in [4.69, 9.17) is 0 Å². The summed E-state index contributed by atoms with van der Waals surface area (Å²) in [6.45, 7) is 0. The van der Waals surface area contributed by atoms with Crippen LogP contribution < -0.4 is 0 Å². The molecule has 0 aromatic rings. The fourth-order valence-electron chi connectivity index (χ4n) is 0. The standard InChI is InChI=1S/4FH.HI.2Os/h5*1H;;. The van der Waals surface area contributed by atoms with Crippen LogP contribution in [-0.4, -0.2) is 0 Å². The van der Waals surface area contributed by atoms with Gasteiger partial charge in [0.2, 0.25) is 0 Å². The summed E-state index contributed by atoms with van der Waals surface area (Å²) in [5.74, 6) is 0. The average Bonchev–Trinajstić information content (AvgIpc) is 0. The van der Waals surface area contributed by atoms with Gasteiger partial charge in [-0.1, -0.05) is 0 Å². The summed E-state index contributed by atoms with van der Waals surface area (Å²) in [5.41, 5.74) is 0. The summed E-state index contributed by atoms with van der Waals surface area (Å²) < 4.78 is 0. The van der Waals surface area contributed by atoms with Crippen molar-refractivity contribution in [2.24, 2.45) is 0 Å². The van der Waals surface area contributed by atoms with Crippen LogP contribution in [0.3, 0.4) is 0 Å². The van der Waals surface area contributed by atoms with Gasteiger partial charge in [0.05, 0.1) is 0 Å². The molecule has 0 atom stereocenters. The average molecular weight is 588 g/mol. The van der Waals surface area contributed by atoms with Gasteiger partial charge in [0.15, 0.2) is 0 Å². The second-order valence-electron chi connectivity index (χ2n) is 0. The van der Waals surface area contributed by atoms with Crippen molar-refractivity contribution in [2.75, 3.05) is 0 Å². The van der Waals surface area contributed by atoms with E-state index in [0.29, 0.717) is 0 Å². The van der Waals surface area contributed by atoms with Gasteiger partial charge in [0, 0.05) is 39.6 Å². The first-order chi connectivity index (χ1) is 0. The Morgan fingerprint density at radius 1 is 0.429 bits per heavy atom. The Balaban J connectivity index is 0. The Bertz CT molecular complexity index is 9.65. The molecule has 0 aliphatic heterocycles. The van der Waals surface area contributed by atoms with Crippen LogP contribution in [0, 0.1) is 0 Å². The number of halogens is 5. The molecule has 7 heteroatoms. The second kappa shape index (κ2) is 118. The zero-order chi connectivity index (χ0) is 0. The molecule has 7 heavy (non-hydrogen) atoms. The fraction of sp³-hybridized carbons (Fsp3) is 0. The summed E-state index contributed by atoms with van der Waals surface area (Å²) in [4.78, 5) is 0. The van der Waals surface area contributed by atoms with E-state index in [1.54, 1.807) is 0 Å². The van der Waals surface area contributed by atoms with Crippen LogP contribution in [0.2, 0.25) is 0 Å². The first-order valence-corrected chi connectivity index (χ1v) is 0. The Morgan fingerprint density at radius 3 is 0.429 bits per heavy atom. The van der Waals surface area contributed by atoms with E-state index in [1.165, 1.54) is 0 Å². The number of hydrogen-bond donors (Lipinski definition) is 0. The minimum Gasteiger partial charge on any atom is -0.269 e. The van der Waals surface area contributed by atoms with Crippen molar-refractivity contribution in [1.82, 2.24) is 0 Å². The van der Waals surface area contributed by atoms with Gasteiger partial charge in [-0.25, -0.2) is 0 Å². The second-order valence-corrected chi connectivity index (χ2v) is 0. The van der Waals surface area contributed by atoms with Gasteiger partial charge in [-0.3, -0.25) is 18.8 Å². The van der Waals surface area contributed by atoms with E-state index in [1.807, 2.05) is 0 Å². The van der Waals surface area contributed by atoms with Gasteiger partial charge in [-0.05, 0) is 0 Å². The zero-order valence-electron chi connectivity index (χ0n) is 2.75. The monoisotopic (exact) mass is 592 g/mol. The molecule has 0 aliphatic rings. The van der Waals surface area contributed by atoms with Crippen molar-refractivity contribution < 1.29 is 58.4 Å². The predicted octanol–water partition coefficient (Wildman–Crippen LogP) is 1.22. The summed E-state index contributed by atoms with van der Waals surface area (Å²) >= 11 is 0. The van der Waals surface area contributed by atoms with Crippen LogP contribution in [0.1, 0.15) is 0 Å². The van der Waals surface area contributed by atoms with Crippen LogP contribution in [0.15, 0.2) is 0 Å². The van der Waals surface area contributed by atoms with E-state index < -0.39 is 0 Å². The van der Waals surface area contributed by atoms with Crippen molar-refractivity contribution >= 4 is 24.0 Å². The smallest absolute Gasteiger partial charge is 0 e. The molecule has 0 aliphatic carbocycles. The third-order valence-corrected chi connectivity index (χ3v) is 0. The van der Waals surface area contributed by atoms with Crippen LogP contribution in [0.25, 0.3) is 0 Å². The van der Waals surface area contributed by atoms with E-state index >= 15 is 0 Å². The van der Waals surface area contributed by atoms with Gasteiger partial charge in [-0.2, -0.15) is 0 Å². The molecule has 0 amide bonds. The van der Waals surface area contributed by atoms with Gasteiger partial charge < -0.3 is 0 Å². The molecule has 0 saturated carbocycles. The maximum atomic E-state index is 0. The summed E-state index contributed by atoms with van der Waals surface area (Å²) in [7, 11) is 0. The summed E-state index contributed by atoms with van der Waals surface area (Å²) in [6, 6.07) is 0. The third-order valence-electron chi connectivity index (χ3n) is 0. The number of hydrogen-bond acceptors (Lipinski definition) is 0. The molecule has 0 spiro atoms. The van der Waals surface area contributed by atoms with E-state index in [9.17, 15) is 0 Å².